The van der Waals surface area contributed by atoms with E-state index in [1.54, 1.807) is 31.2 Å². The first kappa shape index (κ1) is 19.2. The molecule has 1 aliphatic rings. The number of carbonyl (C=O) groups is 2. The van der Waals surface area contributed by atoms with Crippen LogP contribution < -0.4 is 10.1 Å². The second kappa shape index (κ2) is 8.85. The third-order valence-corrected chi connectivity index (χ3v) is 4.61. The van der Waals surface area contributed by atoms with Crippen molar-refractivity contribution in [1.29, 1.82) is 0 Å². The van der Waals surface area contributed by atoms with E-state index in [1.807, 2.05) is 4.90 Å². The molecular formula is C19H28N2O4. The highest BCUT2D eigenvalue weighted by Crippen LogP contribution is 2.23. The molecule has 1 aromatic rings. The first-order chi connectivity index (χ1) is 11.9. The molecule has 3 unspecified atom stereocenters. The Balaban J connectivity index is 1.88. The number of benzene rings is 1. The first-order valence-electron chi connectivity index (χ1n) is 8.88. The fourth-order valence-corrected chi connectivity index (χ4v) is 3.19. The number of aliphatic hydroxyl groups excluding tert-OH is 1. The smallest absolute Gasteiger partial charge is 0.260 e. The minimum atomic E-state index is -0.297. The van der Waals surface area contributed by atoms with Crippen LogP contribution in [0.1, 0.15) is 50.4 Å². The standard InChI is InChI=1S/C19H28N2O4/c1-13(11-22)20-19(24)16-7-9-17(10-8-16)25-12-18(23)21-14(2)5-4-6-15(21)3/h7-10,13-15,22H,4-6,11-12H2,1-3H3,(H,20,24). The van der Waals surface area contributed by atoms with Gasteiger partial charge in [-0.2, -0.15) is 0 Å². The quantitative estimate of drug-likeness (QED) is 0.824. The molecule has 6 heteroatoms. The highest BCUT2D eigenvalue weighted by Gasteiger charge is 2.28. The van der Waals surface area contributed by atoms with Gasteiger partial charge in [-0.25, -0.2) is 0 Å². The van der Waals surface area contributed by atoms with Crippen LogP contribution in [-0.2, 0) is 4.79 Å². The SMILES string of the molecule is CC(CO)NC(=O)c1ccc(OCC(=O)N2C(C)CCCC2C)cc1. The summed E-state index contributed by atoms with van der Waals surface area (Å²) in [6.45, 7) is 5.77. The van der Waals surface area contributed by atoms with Crippen molar-refractivity contribution in [1.82, 2.24) is 10.2 Å². The lowest BCUT2D eigenvalue weighted by Crippen LogP contribution is -2.49. The number of hydrogen-bond donors (Lipinski definition) is 2. The summed E-state index contributed by atoms with van der Waals surface area (Å²) in [4.78, 5) is 26.3. The Hall–Kier alpha value is -2.08. The Kier molecular flexibility index (Phi) is 6.82. The topological polar surface area (TPSA) is 78.9 Å². The second-order valence-electron chi connectivity index (χ2n) is 6.80. The zero-order chi connectivity index (χ0) is 18.4. The van der Waals surface area contributed by atoms with E-state index in [4.69, 9.17) is 9.84 Å². The van der Waals surface area contributed by atoms with Crippen LogP contribution in [0.2, 0.25) is 0 Å². The maximum Gasteiger partial charge on any atom is 0.260 e. The van der Waals surface area contributed by atoms with Crippen LogP contribution in [0.25, 0.3) is 0 Å². The van der Waals surface area contributed by atoms with E-state index in [0.717, 1.165) is 19.3 Å². The summed E-state index contributed by atoms with van der Waals surface area (Å²) < 4.78 is 5.59. The zero-order valence-corrected chi connectivity index (χ0v) is 15.2. The molecule has 1 saturated heterocycles. The Morgan fingerprint density at radius 1 is 1.24 bits per heavy atom. The molecule has 0 aliphatic carbocycles. The van der Waals surface area contributed by atoms with E-state index in [0.29, 0.717) is 11.3 Å². The molecule has 1 aromatic carbocycles. The molecule has 138 valence electrons. The Morgan fingerprint density at radius 2 is 1.84 bits per heavy atom. The molecular weight excluding hydrogens is 320 g/mol. The number of aliphatic hydroxyl groups is 1. The predicted molar refractivity (Wildman–Crippen MR) is 95.6 cm³/mol. The van der Waals surface area contributed by atoms with E-state index in [2.05, 4.69) is 19.2 Å². The van der Waals surface area contributed by atoms with Gasteiger partial charge >= 0.3 is 0 Å². The van der Waals surface area contributed by atoms with E-state index in [-0.39, 0.29) is 43.2 Å². The number of nitrogens with one attached hydrogen (secondary N) is 1. The molecule has 2 N–H and O–H groups in total. The van der Waals surface area contributed by atoms with E-state index < -0.39 is 0 Å². The van der Waals surface area contributed by atoms with Gasteiger partial charge in [0, 0.05) is 23.7 Å². The summed E-state index contributed by atoms with van der Waals surface area (Å²) in [5.74, 6) is 0.302. The molecule has 6 nitrogen and oxygen atoms in total. The van der Waals surface area contributed by atoms with Crippen LogP contribution in [-0.4, -0.2) is 53.2 Å². The molecule has 3 atom stereocenters. The van der Waals surface area contributed by atoms with E-state index in [1.165, 1.54) is 0 Å². The van der Waals surface area contributed by atoms with Gasteiger partial charge < -0.3 is 20.1 Å². The van der Waals surface area contributed by atoms with Crippen molar-refractivity contribution in [3.63, 3.8) is 0 Å². The molecule has 25 heavy (non-hydrogen) atoms. The molecule has 0 bridgehead atoms. The van der Waals surface area contributed by atoms with Crippen LogP contribution >= 0.6 is 0 Å². The number of piperidine rings is 1. The van der Waals surface area contributed by atoms with Crippen LogP contribution in [0.15, 0.2) is 24.3 Å². The highest BCUT2D eigenvalue weighted by molar-refractivity contribution is 5.94. The van der Waals surface area contributed by atoms with E-state index >= 15 is 0 Å². The maximum atomic E-state index is 12.4. The predicted octanol–water partition coefficient (Wildman–Crippen LogP) is 1.97. The monoisotopic (exact) mass is 348 g/mol. The van der Waals surface area contributed by atoms with Crippen molar-refractivity contribution >= 4 is 11.8 Å². The van der Waals surface area contributed by atoms with Crippen molar-refractivity contribution < 1.29 is 19.4 Å². The third-order valence-electron chi connectivity index (χ3n) is 4.61. The van der Waals surface area contributed by atoms with Gasteiger partial charge in [0.2, 0.25) is 0 Å². The molecule has 2 amide bonds. The van der Waals surface area contributed by atoms with Gasteiger partial charge in [0.1, 0.15) is 5.75 Å². The lowest BCUT2D eigenvalue weighted by atomic mass is 9.97. The number of ether oxygens (including phenoxy) is 1. The van der Waals surface area contributed by atoms with Gasteiger partial charge in [-0.3, -0.25) is 9.59 Å². The zero-order valence-electron chi connectivity index (χ0n) is 15.2. The number of carbonyl (C=O) groups excluding carboxylic acids is 2. The van der Waals surface area contributed by atoms with Gasteiger partial charge in [-0.15, -0.1) is 0 Å². The minimum absolute atomic E-state index is 0.00158. The molecule has 1 aliphatic heterocycles. The third kappa shape index (κ3) is 5.19. The summed E-state index contributed by atoms with van der Waals surface area (Å²) >= 11 is 0. The van der Waals surface area contributed by atoms with Gasteiger partial charge in [0.05, 0.1) is 6.61 Å². The molecule has 0 radical (unpaired) electrons. The van der Waals surface area contributed by atoms with Gasteiger partial charge in [0.15, 0.2) is 6.61 Å². The molecule has 2 rings (SSSR count). The summed E-state index contributed by atoms with van der Waals surface area (Å²) in [6.07, 6.45) is 3.23. The number of rotatable bonds is 6. The summed E-state index contributed by atoms with van der Waals surface area (Å²) in [5.41, 5.74) is 0.484. The number of nitrogens with zero attached hydrogens (tertiary/aromatic N) is 1. The van der Waals surface area contributed by atoms with Gasteiger partial charge in [-0.05, 0) is 64.3 Å². The number of amides is 2. The lowest BCUT2D eigenvalue weighted by Gasteiger charge is -2.38. The minimum Gasteiger partial charge on any atom is -0.484 e. The molecule has 1 fully saturated rings. The normalized spacial score (nSPS) is 21.5. The highest BCUT2D eigenvalue weighted by atomic mass is 16.5. The van der Waals surface area contributed by atoms with Crippen molar-refractivity contribution in [3.8, 4) is 5.75 Å². The lowest BCUT2D eigenvalue weighted by molar-refractivity contribution is -0.139. The van der Waals surface area contributed by atoms with Gasteiger partial charge in [0.25, 0.3) is 11.8 Å². The van der Waals surface area contributed by atoms with Crippen LogP contribution in [0.3, 0.4) is 0 Å². The Labute approximate surface area is 149 Å². The Bertz CT molecular complexity index is 578. The Morgan fingerprint density at radius 3 is 2.40 bits per heavy atom. The summed E-state index contributed by atoms with van der Waals surface area (Å²) in [5, 5.41) is 11.6. The molecule has 0 aromatic heterocycles. The molecule has 1 heterocycles. The number of hydrogen-bond acceptors (Lipinski definition) is 4. The van der Waals surface area contributed by atoms with Gasteiger partial charge in [-0.1, -0.05) is 0 Å². The van der Waals surface area contributed by atoms with E-state index in [9.17, 15) is 9.59 Å². The van der Waals surface area contributed by atoms with Crippen LogP contribution in [0.5, 0.6) is 5.75 Å². The second-order valence-corrected chi connectivity index (χ2v) is 6.80. The maximum absolute atomic E-state index is 12.4. The van der Waals surface area contributed by atoms with Crippen molar-refractivity contribution in [2.75, 3.05) is 13.2 Å². The number of likely N-dealkylation sites (tertiary alicyclic amines) is 1. The van der Waals surface area contributed by atoms with Crippen molar-refractivity contribution in [2.24, 2.45) is 0 Å². The summed E-state index contributed by atoms with van der Waals surface area (Å²) in [7, 11) is 0. The average molecular weight is 348 g/mol. The van der Waals surface area contributed by atoms with Crippen LogP contribution in [0, 0.1) is 0 Å². The van der Waals surface area contributed by atoms with Crippen molar-refractivity contribution in [2.45, 2.75) is 58.2 Å². The average Bonchev–Trinajstić information content (AvgIpc) is 2.60. The molecule has 0 saturated carbocycles. The van der Waals surface area contributed by atoms with Crippen molar-refractivity contribution in [3.05, 3.63) is 29.8 Å². The summed E-state index contributed by atoms with van der Waals surface area (Å²) in [6, 6.07) is 6.84. The molecule has 0 spiro atoms. The first-order valence-corrected chi connectivity index (χ1v) is 8.88. The fraction of sp³-hybridized carbons (Fsp3) is 0.579. The van der Waals surface area contributed by atoms with Crippen LogP contribution in [0.4, 0.5) is 0 Å². The largest absolute Gasteiger partial charge is 0.484 e. The fourth-order valence-electron chi connectivity index (χ4n) is 3.19.